The van der Waals surface area contributed by atoms with Crippen LogP contribution in [0.4, 0.5) is 0 Å². The topological polar surface area (TPSA) is 50.5 Å². The summed E-state index contributed by atoms with van der Waals surface area (Å²) in [7, 11) is 0. The van der Waals surface area contributed by atoms with Crippen molar-refractivity contribution in [3.63, 3.8) is 0 Å². The summed E-state index contributed by atoms with van der Waals surface area (Å²) in [6.45, 7) is 4.89. The molecule has 0 spiro atoms. The van der Waals surface area contributed by atoms with Crippen LogP contribution in [-0.2, 0) is 0 Å². The van der Waals surface area contributed by atoms with Crippen LogP contribution in [0.1, 0.15) is 41.4 Å². The molecule has 0 N–H and O–H groups in total. The van der Waals surface area contributed by atoms with E-state index in [-0.39, 0.29) is 17.6 Å². The number of fused-ring (bicyclic) bond motifs is 3. The van der Waals surface area contributed by atoms with Crippen LogP contribution in [0.5, 0.6) is 0 Å². The number of hydrogen-bond donors (Lipinski definition) is 0. The average molecular weight is 341 g/mol. The predicted octanol–water partition coefficient (Wildman–Crippen LogP) is 4.33. The van der Waals surface area contributed by atoms with Crippen molar-refractivity contribution in [1.82, 2.24) is 4.90 Å². The molecule has 1 aromatic carbocycles. The van der Waals surface area contributed by atoms with Crippen LogP contribution >= 0.6 is 11.3 Å². The minimum Gasteiger partial charge on any atom is -0.422 e. The number of carbonyl (C=O) groups is 1. The maximum absolute atomic E-state index is 12.9. The predicted molar refractivity (Wildman–Crippen MR) is 97.0 cm³/mol. The van der Waals surface area contributed by atoms with Crippen molar-refractivity contribution in [3.8, 4) is 0 Å². The largest absolute Gasteiger partial charge is 0.422 e. The number of hydrogen-bond acceptors (Lipinski definition) is 4. The molecule has 0 unspecified atom stereocenters. The van der Waals surface area contributed by atoms with Crippen molar-refractivity contribution in [2.75, 3.05) is 6.54 Å². The second-order valence-corrected chi connectivity index (χ2v) is 7.64. The van der Waals surface area contributed by atoms with Crippen molar-refractivity contribution in [2.45, 2.75) is 39.2 Å². The van der Waals surface area contributed by atoms with Gasteiger partial charge in [0.1, 0.15) is 5.58 Å². The SMILES string of the molecule is Cc1ccc2oc(=O)c3cc(C(=O)N4CCCC[C@H]4C)sc3c2c1. The van der Waals surface area contributed by atoms with E-state index in [0.717, 1.165) is 35.0 Å². The molecule has 1 amide bonds. The Morgan fingerprint density at radius 3 is 2.88 bits per heavy atom. The summed E-state index contributed by atoms with van der Waals surface area (Å²) in [6.07, 6.45) is 3.26. The van der Waals surface area contributed by atoms with Crippen molar-refractivity contribution < 1.29 is 9.21 Å². The first-order valence-electron chi connectivity index (χ1n) is 8.32. The van der Waals surface area contributed by atoms with Gasteiger partial charge in [0.2, 0.25) is 0 Å². The first kappa shape index (κ1) is 15.4. The molecular weight excluding hydrogens is 322 g/mol. The zero-order valence-corrected chi connectivity index (χ0v) is 14.6. The van der Waals surface area contributed by atoms with Gasteiger partial charge in [0.05, 0.1) is 15.0 Å². The lowest BCUT2D eigenvalue weighted by atomic mass is 10.0. The number of carbonyl (C=O) groups excluding carboxylic acids is 1. The fraction of sp³-hybridized carbons (Fsp3) is 0.368. The molecule has 3 heterocycles. The van der Waals surface area contributed by atoms with Gasteiger partial charge in [0.25, 0.3) is 5.91 Å². The Morgan fingerprint density at radius 1 is 1.25 bits per heavy atom. The minimum absolute atomic E-state index is 0.0311. The van der Waals surface area contributed by atoms with Gasteiger partial charge in [-0.15, -0.1) is 11.3 Å². The van der Waals surface area contributed by atoms with Gasteiger partial charge in [-0.2, -0.15) is 0 Å². The van der Waals surface area contributed by atoms with Crippen molar-refractivity contribution in [1.29, 1.82) is 0 Å². The summed E-state index contributed by atoms with van der Waals surface area (Å²) >= 11 is 1.40. The molecule has 1 atom stereocenters. The van der Waals surface area contributed by atoms with Crippen molar-refractivity contribution in [3.05, 3.63) is 45.1 Å². The van der Waals surface area contributed by atoms with Gasteiger partial charge in [-0.05, 0) is 51.3 Å². The van der Waals surface area contributed by atoms with Gasteiger partial charge in [-0.1, -0.05) is 11.6 Å². The molecular formula is C19H19NO3S. The Hall–Kier alpha value is -2.14. The number of benzene rings is 1. The van der Waals surface area contributed by atoms with Crippen molar-refractivity contribution >= 4 is 38.3 Å². The first-order chi connectivity index (χ1) is 11.5. The highest BCUT2D eigenvalue weighted by atomic mass is 32.1. The average Bonchev–Trinajstić information content (AvgIpc) is 3.02. The zero-order chi connectivity index (χ0) is 16.8. The minimum atomic E-state index is -0.372. The maximum Gasteiger partial charge on any atom is 0.345 e. The molecule has 24 heavy (non-hydrogen) atoms. The van der Waals surface area contributed by atoms with E-state index < -0.39 is 0 Å². The molecule has 4 rings (SSSR count). The smallest absolute Gasteiger partial charge is 0.345 e. The molecule has 1 aliphatic heterocycles. The third-order valence-electron chi connectivity index (χ3n) is 4.81. The molecule has 4 nitrogen and oxygen atoms in total. The summed E-state index contributed by atoms with van der Waals surface area (Å²) in [5, 5.41) is 1.41. The lowest BCUT2D eigenvalue weighted by molar-refractivity contribution is 0.0641. The van der Waals surface area contributed by atoms with E-state index in [9.17, 15) is 9.59 Å². The number of piperidine rings is 1. The Balaban J connectivity index is 1.87. The Kier molecular flexibility index (Phi) is 3.68. The summed E-state index contributed by atoms with van der Waals surface area (Å²) in [5.74, 6) is 0.0311. The molecule has 5 heteroatoms. The molecule has 0 radical (unpaired) electrons. The summed E-state index contributed by atoms with van der Waals surface area (Å²) < 4.78 is 6.26. The van der Waals surface area contributed by atoms with E-state index in [4.69, 9.17) is 4.42 Å². The zero-order valence-electron chi connectivity index (χ0n) is 13.8. The number of aryl methyl sites for hydroxylation is 1. The molecule has 0 bridgehead atoms. The fourth-order valence-corrected chi connectivity index (χ4v) is 4.58. The van der Waals surface area contributed by atoms with E-state index in [1.54, 1.807) is 6.07 Å². The van der Waals surface area contributed by atoms with E-state index in [1.807, 2.05) is 30.0 Å². The molecule has 1 saturated heterocycles. The van der Waals surface area contributed by atoms with Gasteiger partial charge < -0.3 is 9.32 Å². The number of thiophene rings is 1. The monoisotopic (exact) mass is 341 g/mol. The summed E-state index contributed by atoms with van der Waals surface area (Å²) in [6, 6.07) is 7.71. The molecule has 124 valence electrons. The van der Waals surface area contributed by atoms with Crippen LogP contribution in [-0.4, -0.2) is 23.4 Å². The molecule has 0 saturated carbocycles. The molecule has 1 aliphatic rings. The number of amides is 1. The standard InChI is InChI=1S/C19H19NO3S/c1-11-6-7-15-13(9-11)17-14(19(22)23-15)10-16(24-17)18(21)20-8-4-3-5-12(20)2/h6-7,9-10,12H,3-5,8H2,1-2H3/t12-/m1/s1. The summed E-state index contributed by atoms with van der Waals surface area (Å²) in [4.78, 5) is 27.7. The lowest BCUT2D eigenvalue weighted by Crippen LogP contribution is -2.41. The highest BCUT2D eigenvalue weighted by Crippen LogP contribution is 2.32. The third-order valence-corrected chi connectivity index (χ3v) is 5.97. The van der Waals surface area contributed by atoms with Gasteiger partial charge >= 0.3 is 5.63 Å². The van der Waals surface area contributed by atoms with Crippen LogP contribution in [0.2, 0.25) is 0 Å². The van der Waals surface area contributed by atoms with Crippen LogP contribution in [0, 0.1) is 6.92 Å². The van der Waals surface area contributed by atoms with E-state index in [0.29, 0.717) is 15.8 Å². The summed E-state index contributed by atoms with van der Waals surface area (Å²) in [5.41, 5.74) is 1.30. The van der Waals surface area contributed by atoms with E-state index in [2.05, 4.69) is 6.92 Å². The van der Waals surface area contributed by atoms with Crippen molar-refractivity contribution in [2.24, 2.45) is 0 Å². The third kappa shape index (κ3) is 2.44. The molecule has 3 aromatic rings. The maximum atomic E-state index is 12.9. The Morgan fingerprint density at radius 2 is 2.08 bits per heavy atom. The van der Waals surface area contributed by atoms with Crippen LogP contribution in [0.15, 0.2) is 33.5 Å². The Labute approximate surface area is 143 Å². The second kappa shape index (κ2) is 5.74. The first-order valence-corrected chi connectivity index (χ1v) is 9.14. The van der Waals surface area contributed by atoms with E-state index in [1.165, 1.54) is 17.8 Å². The Bertz CT molecular complexity index is 1000. The van der Waals surface area contributed by atoms with Gasteiger partial charge in [-0.3, -0.25) is 4.79 Å². The number of rotatable bonds is 1. The van der Waals surface area contributed by atoms with Crippen LogP contribution in [0.25, 0.3) is 21.1 Å². The highest BCUT2D eigenvalue weighted by Gasteiger charge is 2.26. The molecule has 2 aromatic heterocycles. The van der Waals surface area contributed by atoms with Gasteiger partial charge in [0.15, 0.2) is 0 Å². The molecule has 1 fully saturated rings. The van der Waals surface area contributed by atoms with Crippen LogP contribution < -0.4 is 5.63 Å². The van der Waals surface area contributed by atoms with Gasteiger partial charge in [0, 0.05) is 18.0 Å². The molecule has 0 aliphatic carbocycles. The lowest BCUT2D eigenvalue weighted by Gasteiger charge is -2.33. The normalized spacial score (nSPS) is 18.4. The second-order valence-electron chi connectivity index (χ2n) is 6.59. The van der Waals surface area contributed by atoms with Gasteiger partial charge in [-0.25, -0.2) is 4.79 Å². The fourth-order valence-electron chi connectivity index (χ4n) is 3.45. The van der Waals surface area contributed by atoms with Crippen LogP contribution in [0.3, 0.4) is 0 Å². The number of nitrogens with zero attached hydrogens (tertiary/aromatic N) is 1. The van der Waals surface area contributed by atoms with E-state index >= 15 is 0 Å². The quantitative estimate of drug-likeness (QED) is 0.619. The highest BCUT2D eigenvalue weighted by molar-refractivity contribution is 7.21. The number of likely N-dealkylation sites (tertiary alicyclic amines) is 1.